The largest absolute Gasteiger partial charge is 0.416 e. The molecule has 3 nitrogen and oxygen atoms in total. The minimum absolute atomic E-state index is 0.0919. The molecule has 0 radical (unpaired) electrons. The van der Waals surface area contributed by atoms with E-state index in [1.807, 2.05) is 6.92 Å². The van der Waals surface area contributed by atoms with Crippen LogP contribution in [-0.2, 0) is 29.0 Å². The molecule has 3 aromatic carbocycles. The Bertz CT molecular complexity index is 1250. The fraction of sp³-hybridized carbons (Fsp3) is 0.280. The predicted molar refractivity (Wildman–Crippen MR) is 119 cm³/mol. The number of aryl methyl sites for hydroxylation is 3. The highest BCUT2D eigenvalue weighted by Crippen LogP contribution is 2.38. The van der Waals surface area contributed by atoms with Crippen molar-refractivity contribution in [1.82, 2.24) is 0 Å². The summed E-state index contributed by atoms with van der Waals surface area (Å²) >= 11 is 0. The smallest absolute Gasteiger partial charge is 0.263 e. The number of fused-ring (bicyclic) bond motifs is 1. The van der Waals surface area contributed by atoms with Gasteiger partial charge < -0.3 is 0 Å². The van der Waals surface area contributed by atoms with E-state index in [4.69, 9.17) is 0 Å². The third-order valence-electron chi connectivity index (χ3n) is 5.96. The zero-order chi connectivity index (χ0) is 23.8. The van der Waals surface area contributed by atoms with Gasteiger partial charge in [0, 0.05) is 6.04 Å². The van der Waals surface area contributed by atoms with E-state index >= 15 is 0 Å². The van der Waals surface area contributed by atoms with Crippen molar-refractivity contribution in [2.75, 3.05) is 4.31 Å². The second-order valence-corrected chi connectivity index (χ2v) is 10.1. The zero-order valence-corrected chi connectivity index (χ0v) is 18.8. The van der Waals surface area contributed by atoms with Crippen molar-refractivity contribution in [2.45, 2.75) is 49.7 Å². The molecule has 0 spiro atoms. The summed E-state index contributed by atoms with van der Waals surface area (Å²) in [6.45, 7) is 1.85. The molecule has 33 heavy (non-hydrogen) atoms. The summed E-state index contributed by atoms with van der Waals surface area (Å²) in [5.41, 5.74) is 1.65. The van der Waals surface area contributed by atoms with Crippen molar-refractivity contribution in [3.8, 4) is 0 Å². The van der Waals surface area contributed by atoms with E-state index in [1.54, 1.807) is 24.3 Å². The number of alkyl halides is 3. The maximum absolute atomic E-state index is 14.1. The van der Waals surface area contributed by atoms with Gasteiger partial charge in [-0.05, 0) is 74.1 Å². The fourth-order valence-corrected chi connectivity index (χ4v) is 5.98. The molecule has 0 saturated heterocycles. The van der Waals surface area contributed by atoms with Gasteiger partial charge in [0.15, 0.2) is 0 Å². The normalized spacial score (nSPS) is 16.5. The van der Waals surface area contributed by atoms with Crippen LogP contribution in [0.2, 0.25) is 0 Å². The van der Waals surface area contributed by atoms with Gasteiger partial charge in [-0.3, -0.25) is 4.31 Å². The van der Waals surface area contributed by atoms with Crippen molar-refractivity contribution in [2.24, 2.45) is 0 Å². The first-order valence-corrected chi connectivity index (χ1v) is 12.1. The summed E-state index contributed by atoms with van der Waals surface area (Å²) in [7, 11) is -4.01. The summed E-state index contributed by atoms with van der Waals surface area (Å²) in [5.74, 6) is -0.545. The lowest BCUT2D eigenvalue weighted by Gasteiger charge is -2.38. The molecular weight excluding hydrogens is 454 g/mol. The number of halogens is 4. The van der Waals surface area contributed by atoms with Gasteiger partial charge in [-0.1, -0.05) is 42.0 Å². The molecule has 0 fully saturated rings. The summed E-state index contributed by atoms with van der Waals surface area (Å²) in [5, 5.41) is 0. The van der Waals surface area contributed by atoms with Gasteiger partial charge in [0.05, 0.1) is 16.1 Å². The van der Waals surface area contributed by atoms with Gasteiger partial charge in [0.25, 0.3) is 10.0 Å². The Morgan fingerprint density at radius 2 is 1.73 bits per heavy atom. The number of sulfonamides is 1. The molecule has 1 aliphatic heterocycles. The molecule has 0 bridgehead atoms. The van der Waals surface area contributed by atoms with Crippen molar-refractivity contribution in [3.05, 3.63) is 94.8 Å². The van der Waals surface area contributed by atoms with Crippen LogP contribution in [0.3, 0.4) is 0 Å². The molecule has 174 valence electrons. The molecule has 4 rings (SSSR count). The van der Waals surface area contributed by atoms with Crippen LogP contribution in [0.25, 0.3) is 0 Å². The monoisotopic (exact) mass is 477 g/mol. The number of anilines is 1. The molecule has 1 atom stereocenters. The molecule has 1 heterocycles. The quantitative estimate of drug-likeness (QED) is 0.405. The highest BCUT2D eigenvalue weighted by molar-refractivity contribution is 7.92. The minimum atomic E-state index is -4.45. The highest BCUT2D eigenvalue weighted by Gasteiger charge is 2.36. The Morgan fingerprint density at radius 3 is 2.42 bits per heavy atom. The van der Waals surface area contributed by atoms with Crippen molar-refractivity contribution < 1.29 is 26.0 Å². The first kappa shape index (κ1) is 23.3. The molecular formula is C25H23F4NO2S. The minimum Gasteiger partial charge on any atom is -0.263 e. The third-order valence-corrected chi connectivity index (χ3v) is 7.84. The molecule has 1 unspecified atom stereocenters. The number of nitrogens with zero attached hydrogens (tertiary/aromatic N) is 1. The summed E-state index contributed by atoms with van der Waals surface area (Å²) in [4.78, 5) is 0.0919. The Morgan fingerprint density at radius 1 is 1.00 bits per heavy atom. The maximum atomic E-state index is 14.1. The topological polar surface area (TPSA) is 37.4 Å². The van der Waals surface area contributed by atoms with Crippen LogP contribution in [0, 0.1) is 12.7 Å². The van der Waals surface area contributed by atoms with Crippen LogP contribution in [0.15, 0.2) is 71.6 Å². The van der Waals surface area contributed by atoms with Crippen LogP contribution in [0.5, 0.6) is 0 Å². The van der Waals surface area contributed by atoms with Gasteiger partial charge in [-0.2, -0.15) is 13.2 Å². The number of hydrogen-bond acceptors (Lipinski definition) is 2. The van der Waals surface area contributed by atoms with Gasteiger partial charge in [0.2, 0.25) is 0 Å². The van der Waals surface area contributed by atoms with Crippen LogP contribution in [0.4, 0.5) is 23.2 Å². The van der Waals surface area contributed by atoms with Gasteiger partial charge in [0.1, 0.15) is 5.82 Å². The van der Waals surface area contributed by atoms with E-state index in [2.05, 4.69) is 0 Å². The summed E-state index contributed by atoms with van der Waals surface area (Å²) < 4.78 is 81.9. The lowest BCUT2D eigenvalue weighted by atomic mass is 9.93. The molecule has 3 aromatic rings. The maximum Gasteiger partial charge on any atom is 0.416 e. The van der Waals surface area contributed by atoms with Crippen molar-refractivity contribution in [3.63, 3.8) is 0 Å². The van der Waals surface area contributed by atoms with E-state index in [-0.39, 0.29) is 17.0 Å². The standard InChI is InChI=1S/C25H23F4NO2S/c1-17-5-13-23(14-6-17)33(31,32)30-22(12-9-19-8-10-21(26)16-24(19)30)11-7-18-3-2-4-20(15-18)25(27,28)29/h2-6,8,10,13-16,22H,7,9,11-12H2,1H3. The molecule has 0 aliphatic carbocycles. The highest BCUT2D eigenvalue weighted by atomic mass is 32.2. The number of benzene rings is 3. The second kappa shape index (κ2) is 8.82. The first-order valence-electron chi connectivity index (χ1n) is 10.6. The predicted octanol–water partition coefficient (Wildman–Crippen LogP) is 6.30. The molecule has 0 N–H and O–H groups in total. The van der Waals surface area contributed by atoms with Gasteiger partial charge >= 0.3 is 6.18 Å². The van der Waals surface area contributed by atoms with E-state index in [0.717, 1.165) is 23.3 Å². The second-order valence-electron chi connectivity index (χ2n) is 8.32. The van der Waals surface area contributed by atoms with Gasteiger partial charge in [-0.25, -0.2) is 12.8 Å². The third kappa shape index (κ3) is 4.90. The average Bonchev–Trinajstić information content (AvgIpc) is 2.77. The van der Waals surface area contributed by atoms with Crippen LogP contribution in [-0.4, -0.2) is 14.5 Å². The number of rotatable bonds is 5. The number of hydrogen-bond donors (Lipinski definition) is 0. The SMILES string of the molecule is Cc1ccc(S(=O)(=O)N2c3cc(F)ccc3CCC2CCc2cccc(C(F)(F)F)c2)cc1. The lowest BCUT2D eigenvalue weighted by Crippen LogP contribution is -2.44. The van der Waals surface area contributed by atoms with Gasteiger partial charge in [-0.15, -0.1) is 0 Å². The van der Waals surface area contributed by atoms with Crippen LogP contribution in [0.1, 0.15) is 35.1 Å². The Labute approximate surface area is 190 Å². The van der Waals surface area contributed by atoms with Crippen molar-refractivity contribution >= 4 is 15.7 Å². The molecule has 8 heteroatoms. The van der Waals surface area contributed by atoms with E-state index in [9.17, 15) is 26.0 Å². The Balaban J connectivity index is 1.69. The molecule has 0 amide bonds. The zero-order valence-electron chi connectivity index (χ0n) is 17.9. The van der Waals surface area contributed by atoms with Crippen LogP contribution < -0.4 is 4.31 Å². The first-order chi connectivity index (χ1) is 15.6. The summed E-state index contributed by atoms with van der Waals surface area (Å²) in [6.07, 6.45) is -2.83. The molecule has 0 saturated carbocycles. The van der Waals surface area contributed by atoms with E-state index < -0.39 is 33.6 Å². The molecule has 1 aliphatic rings. The Kier molecular flexibility index (Phi) is 6.22. The Hall–Kier alpha value is -2.87. The van der Waals surface area contributed by atoms with E-state index in [1.165, 1.54) is 34.6 Å². The van der Waals surface area contributed by atoms with E-state index in [0.29, 0.717) is 24.8 Å². The van der Waals surface area contributed by atoms with Crippen LogP contribution >= 0.6 is 0 Å². The lowest BCUT2D eigenvalue weighted by molar-refractivity contribution is -0.137. The van der Waals surface area contributed by atoms with Crippen molar-refractivity contribution in [1.29, 1.82) is 0 Å². The fourth-order valence-electron chi connectivity index (χ4n) is 4.24. The molecule has 0 aromatic heterocycles. The summed E-state index contributed by atoms with van der Waals surface area (Å²) in [6, 6.07) is 15.1. The average molecular weight is 478 g/mol.